The third-order valence-corrected chi connectivity index (χ3v) is 4.43. The van der Waals surface area contributed by atoms with E-state index in [0.29, 0.717) is 16.7 Å². The highest BCUT2D eigenvalue weighted by Crippen LogP contribution is 2.23. The maximum Gasteiger partial charge on any atom is 0.359 e. The number of benzene rings is 3. The van der Waals surface area contributed by atoms with Gasteiger partial charge in [0.1, 0.15) is 11.5 Å². The minimum absolute atomic E-state index is 0.0730. The Morgan fingerprint density at radius 3 is 1.71 bits per heavy atom. The van der Waals surface area contributed by atoms with E-state index in [-0.39, 0.29) is 24.3 Å². The second kappa shape index (κ2) is 10.1. The first-order valence-corrected chi connectivity index (χ1v) is 9.46. The van der Waals surface area contributed by atoms with Crippen molar-refractivity contribution in [3.63, 3.8) is 0 Å². The van der Waals surface area contributed by atoms with Gasteiger partial charge < -0.3 is 19.7 Å². The third-order valence-electron chi connectivity index (χ3n) is 4.43. The smallest absolute Gasteiger partial charge is 0.359 e. The number of hydrogen-bond acceptors (Lipinski definition) is 7. The number of aromatic hydroxyl groups is 2. The van der Waals surface area contributed by atoms with Crippen LogP contribution in [0.4, 0.5) is 0 Å². The summed E-state index contributed by atoms with van der Waals surface area (Å²) in [5.41, 5.74) is 0.963. The molecule has 0 saturated carbocycles. The highest BCUT2D eigenvalue weighted by molar-refractivity contribution is 5.91. The van der Waals surface area contributed by atoms with Crippen molar-refractivity contribution in [2.45, 2.75) is 18.9 Å². The number of rotatable bonds is 7. The first kappa shape index (κ1) is 21.6. The van der Waals surface area contributed by atoms with Crippen molar-refractivity contribution in [3.8, 4) is 11.5 Å². The number of esters is 3. The lowest BCUT2D eigenvalue weighted by molar-refractivity contribution is -0.174. The van der Waals surface area contributed by atoms with Crippen LogP contribution in [-0.2, 0) is 36.7 Å². The molecule has 3 rings (SSSR count). The fraction of sp³-hybridized carbons (Fsp3) is 0.125. The number of carbonyl (C=O) groups excluding carboxylic acids is 3. The maximum absolute atomic E-state index is 12.7. The second-order valence-corrected chi connectivity index (χ2v) is 6.68. The van der Waals surface area contributed by atoms with Crippen LogP contribution in [0.1, 0.15) is 22.8 Å². The molecule has 31 heavy (non-hydrogen) atoms. The fourth-order valence-corrected chi connectivity index (χ4v) is 2.89. The number of para-hydroxylation sites is 2. The van der Waals surface area contributed by atoms with E-state index in [1.807, 2.05) is 0 Å². The molecule has 3 aromatic carbocycles. The van der Waals surface area contributed by atoms with E-state index in [9.17, 15) is 24.6 Å². The molecule has 158 valence electrons. The van der Waals surface area contributed by atoms with Crippen LogP contribution in [0.5, 0.6) is 11.5 Å². The Kier molecular flexibility index (Phi) is 7.01. The molecule has 0 radical (unpaired) electrons. The lowest BCUT2D eigenvalue weighted by atomic mass is 10.1. The first-order valence-electron chi connectivity index (χ1n) is 9.46. The lowest BCUT2D eigenvalue weighted by Crippen LogP contribution is -2.25. The fourth-order valence-electron chi connectivity index (χ4n) is 2.89. The zero-order valence-electron chi connectivity index (χ0n) is 16.4. The van der Waals surface area contributed by atoms with E-state index in [4.69, 9.17) is 9.47 Å². The van der Waals surface area contributed by atoms with Gasteiger partial charge >= 0.3 is 17.9 Å². The van der Waals surface area contributed by atoms with Gasteiger partial charge in [0.05, 0.1) is 12.8 Å². The van der Waals surface area contributed by atoms with Crippen LogP contribution in [0.15, 0.2) is 78.9 Å². The topological polar surface area (TPSA) is 110 Å². The molecule has 0 aliphatic heterocycles. The normalized spacial score (nSPS) is 11.4. The average molecular weight is 420 g/mol. The van der Waals surface area contributed by atoms with Crippen LogP contribution in [0.2, 0.25) is 0 Å². The van der Waals surface area contributed by atoms with E-state index in [1.165, 1.54) is 18.2 Å². The Balaban J connectivity index is 1.72. The summed E-state index contributed by atoms with van der Waals surface area (Å²) in [6.45, 7) is 0. The minimum atomic E-state index is -1.46. The largest absolute Gasteiger partial charge is 0.508 e. The van der Waals surface area contributed by atoms with E-state index >= 15 is 0 Å². The molecule has 1 atom stereocenters. The van der Waals surface area contributed by atoms with Gasteiger partial charge in [0, 0.05) is 16.7 Å². The van der Waals surface area contributed by atoms with Gasteiger partial charge in [-0.05, 0) is 12.1 Å². The van der Waals surface area contributed by atoms with E-state index in [2.05, 4.69) is 0 Å². The predicted molar refractivity (Wildman–Crippen MR) is 110 cm³/mol. The van der Waals surface area contributed by atoms with E-state index in [0.717, 1.165) is 0 Å². The average Bonchev–Trinajstić information content (AvgIpc) is 2.76. The van der Waals surface area contributed by atoms with Crippen LogP contribution in [-0.4, -0.2) is 28.1 Å². The highest BCUT2D eigenvalue weighted by atomic mass is 16.6. The number of phenolic OH excluding ortho intramolecular Hbond substituents is 2. The molecule has 0 aromatic heterocycles. The Morgan fingerprint density at radius 1 is 0.677 bits per heavy atom. The van der Waals surface area contributed by atoms with Crippen LogP contribution in [0.3, 0.4) is 0 Å². The molecule has 0 aliphatic rings. The first-order chi connectivity index (χ1) is 14.9. The number of carbonyl (C=O) groups is 3. The van der Waals surface area contributed by atoms with Crippen molar-refractivity contribution in [3.05, 3.63) is 95.6 Å². The standard InChI is InChI=1S/C24H20O7/c25-19-12-6-4-10-17(19)14-21(27)30-23(16-8-2-1-3-9-16)24(29)31-22(28)15-18-11-5-7-13-20(18)26/h1-13,23,25-26H,14-15H2/t23-/m1/s1. The molecule has 2 N–H and O–H groups in total. The Bertz CT molecular complexity index is 1080. The van der Waals surface area contributed by atoms with E-state index in [1.54, 1.807) is 60.7 Å². The molecular weight excluding hydrogens is 400 g/mol. The van der Waals surface area contributed by atoms with Gasteiger partial charge in [0.25, 0.3) is 0 Å². The minimum Gasteiger partial charge on any atom is -0.508 e. The van der Waals surface area contributed by atoms with Crippen molar-refractivity contribution < 1.29 is 34.1 Å². The molecule has 0 amide bonds. The number of ether oxygens (including phenoxy) is 2. The molecule has 0 heterocycles. The summed E-state index contributed by atoms with van der Waals surface area (Å²) in [5.74, 6) is -2.90. The van der Waals surface area contributed by atoms with Crippen molar-refractivity contribution in [1.29, 1.82) is 0 Å². The zero-order chi connectivity index (χ0) is 22.2. The van der Waals surface area contributed by atoms with Gasteiger partial charge in [-0.2, -0.15) is 0 Å². The summed E-state index contributed by atoms with van der Waals surface area (Å²) >= 11 is 0. The Morgan fingerprint density at radius 2 is 1.16 bits per heavy atom. The monoisotopic (exact) mass is 420 g/mol. The van der Waals surface area contributed by atoms with E-state index < -0.39 is 24.0 Å². The molecule has 0 unspecified atom stereocenters. The molecule has 7 heteroatoms. The lowest BCUT2D eigenvalue weighted by Gasteiger charge is -2.17. The molecule has 3 aromatic rings. The van der Waals surface area contributed by atoms with Gasteiger partial charge in [0.2, 0.25) is 6.10 Å². The Labute approximate surface area is 178 Å². The molecular formula is C24H20O7. The molecule has 0 saturated heterocycles. The van der Waals surface area contributed by atoms with Crippen molar-refractivity contribution >= 4 is 17.9 Å². The van der Waals surface area contributed by atoms with Gasteiger partial charge in [-0.25, -0.2) is 4.79 Å². The van der Waals surface area contributed by atoms with Crippen molar-refractivity contribution in [2.24, 2.45) is 0 Å². The SMILES string of the molecule is O=C(Cc1ccccc1O)OC(=O)[C@H](OC(=O)Cc1ccccc1O)c1ccccc1. The summed E-state index contributed by atoms with van der Waals surface area (Å²) in [6, 6.07) is 20.6. The number of phenols is 2. The summed E-state index contributed by atoms with van der Waals surface area (Å²) in [6.07, 6.45) is -2.06. The third kappa shape index (κ3) is 5.93. The predicted octanol–water partition coefficient (Wildman–Crippen LogP) is 3.24. The molecule has 0 fully saturated rings. The van der Waals surface area contributed by atoms with Crippen LogP contribution < -0.4 is 0 Å². The van der Waals surface area contributed by atoms with Gasteiger partial charge in [-0.1, -0.05) is 66.7 Å². The molecule has 7 nitrogen and oxygen atoms in total. The number of hydrogen-bond donors (Lipinski definition) is 2. The van der Waals surface area contributed by atoms with Gasteiger partial charge in [0.15, 0.2) is 0 Å². The quantitative estimate of drug-likeness (QED) is 0.446. The summed E-state index contributed by atoms with van der Waals surface area (Å²) in [5, 5.41) is 19.6. The molecule has 0 bridgehead atoms. The molecule has 0 aliphatic carbocycles. The highest BCUT2D eigenvalue weighted by Gasteiger charge is 2.29. The second-order valence-electron chi connectivity index (χ2n) is 6.68. The molecule has 0 spiro atoms. The van der Waals surface area contributed by atoms with Crippen LogP contribution in [0, 0.1) is 0 Å². The van der Waals surface area contributed by atoms with Crippen LogP contribution >= 0.6 is 0 Å². The van der Waals surface area contributed by atoms with Gasteiger partial charge in [-0.15, -0.1) is 0 Å². The van der Waals surface area contributed by atoms with Gasteiger partial charge in [-0.3, -0.25) is 9.59 Å². The summed E-state index contributed by atoms with van der Waals surface area (Å²) < 4.78 is 10.2. The summed E-state index contributed by atoms with van der Waals surface area (Å²) in [7, 11) is 0. The zero-order valence-corrected chi connectivity index (χ0v) is 16.4. The van der Waals surface area contributed by atoms with Crippen LogP contribution in [0.25, 0.3) is 0 Å². The Hall–Kier alpha value is -4.13. The summed E-state index contributed by atoms with van der Waals surface area (Å²) in [4.78, 5) is 37.3. The maximum atomic E-state index is 12.7. The van der Waals surface area contributed by atoms with Crippen molar-refractivity contribution in [2.75, 3.05) is 0 Å². The van der Waals surface area contributed by atoms with Crippen molar-refractivity contribution in [1.82, 2.24) is 0 Å².